The van der Waals surface area contributed by atoms with Crippen molar-refractivity contribution in [2.45, 2.75) is 19.1 Å². The van der Waals surface area contributed by atoms with Crippen LogP contribution in [-0.4, -0.2) is 53.9 Å². The molecular weight excluding hydrogens is 258 g/mol. The Bertz CT molecular complexity index is 417. The molecule has 0 aromatic carbocycles. The van der Waals surface area contributed by atoms with Crippen LogP contribution in [0.15, 0.2) is 0 Å². The normalized spacial score (nSPS) is 21.8. The Hall–Kier alpha value is -1.18. The molecule has 2 unspecified atom stereocenters. The molecule has 0 radical (unpaired) electrons. The maximum Gasteiger partial charge on any atom is 0.322 e. The van der Waals surface area contributed by atoms with Gasteiger partial charge in [-0.1, -0.05) is 0 Å². The summed E-state index contributed by atoms with van der Waals surface area (Å²) >= 11 is 5.82. The van der Waals surface area contributed by atoms with Crippen LogP contribution in [0.2, 0.25) is 5.28 Å². The lowest BCUT2D eigenvalue weighted by atomic mass is 10.1. The van der Waals surface area contributed by atoms with E-state index in [1.807, 2.05) is 11.8 Å². The second-order valence-electron chi connectivity index (χ2n) is 4.11. The van der Waals surface area contributed by atoms with Gasteiger partial charge in [0.15, 0.2) is 0 Å². The highest BCUT2D eigenvalue weighted by molar-refractivity contribution is 6.28. The molecule has 1 fully saturated rings. The summed E-state index contributed by atoms with van der Waals surface area (Å²) in [4.78, 5) is 14.1. The molecule has 1 aromatic rings. The summed E-state index contributed by atoms with van der Waals surface area (Å²) in [6.45, 7) is 3.81. The third kappa shape index (κ3) is 2.98. The summed E-state index contributed by atoms with van der Waals surface area (Å²) in [6.07, 6.45) is -0.0414. The van der Waals surface area contributed by atoms with E-state index >= 15 is 0 Å². The Morgan fingerprint density at radius 1 is 1.50 bits per heavy atom. The molecule has 1 saturated heterocycles. The predicted molar refractivity (Wildman–Crippen MR) is 67.0 cm³/mol. The first-order valence-corrected chi connectivity index (χ1v) is 6.05. The van der Waals surface area contributed by atoms with Gasteiger partial charge in [-0.15, -0.1) is 0 Å². The Kier molecular flexibility index (Phi) is 4.15. The van der Waals surface area contributed by atoms with Crippen LogP contribution in [0.4, 0.5) is 5.95 Å². The van der Waals surface area contributed by atoms with Gasteiger partial charge in [0.1, 0.15) is 0 Å². The number of nitrogens with two attached hydrogens (primary N) is 1. The first-order valence-electron chi connectivity index (χ1n) is 5.68. The molecule has 7 nitrogen and oxygen atoms in total. The lowest BCUT2D eigenvalue weighted by Crippen LogP contribution is -2.50. The summed E-state index contributed by atoms with van der Waals surface area (Å²) in [6, 6.07) is 0.154. The minimum atomic E-state index is -0.0491. The van der Waals surface area contributed by atoms with Gasteiger partial charge < -0.3 is 20.1 Å². The van der Waals surface area contributed by atoms with Crippen LogP contribution >= 0.6 is 11.6 Å². The predicted octanol–water partition coefficient (Wildman–Crippen LogP) is 0.0860. The summed E-state index contributed by atoms with van der Waals surface area (Å²) in [5, 5.41) is 0.112. The Morgan fingerprint density at radius 2 is 2.28 bits per heavy atom. The van der Waals surface area contributed by atoms with E-state index in [0.29, 0.717) is 25.6 Å². The molecule has 100 valence electrons. The lowest BCUT2D eigenvalue weighted by Gasteiger charge is -2.34. The second-order valence-corrected chi connectivity index (χ2v) is 4.44. The van der Waals surface area contributed by atoms with Crippen LogP contribution in [0.1, 0.15) is 6.92 Å². The van der Waals surface area contributed by atoms with Crippen LogP contribution in [0, 0.1) is 0 Å². The van der Waals surface area contributed by atoms with Crippen LogP contribution in [-0.2, 0) is 4.74 Å². The number of rotatable bonds is 3. The molecule has 2 heterocycles. The van der Waals surface area contributed by atoms with E-state index in [-0.39, 0.29) is 23.4 Å². The maximum absolute atomic E-state index is 5.84. The number of methoxy groups -OCH3 is 1. The molecule has 2 N–H and O–H groups in total. The number of nitrogens with zero attached hydrogens (tertiary/aromatic N) is 4. The van der Waals surface area contributed by atoms with Crippen LogP contribution in [0.3, 0.4) is 0 Å². The van der Waals surface area contributed by atoms with E-state index in [2.05, 4.69) is 15.0 Å². The van der Waals surface area contributed by atoms with Crippen molar-refractivity contribution >= 4 is 17.5 Å². The third-order valence-corrected chi connectivity index (χ3v) is 2.89. The lowest BCUT2D eigenvalue weighted by molar-refractivity contribution is 0.0270. The highest BCUT2D eigenvalue weighted by Crippen LogP contribution is 2.18. The molecule has 0 amide bonds. The average molecular weight is 274 g/mol. The van der Waals surface area contributed by atoms with Crippen molar-refractivity contribution in [3.05, 3.63) is 5.28 Å². The molecule has 0 saturated carbocycles. The van der Waals surface area contributed by atoms with Gasteiger partial charge in [-0.3, -0.25) is 0 Å². The van der Waals surface area contributed by atoms with E-state index in [1.54, 1.807) is 0 Å². The van der Waals surface area contributed by atoms with Gasteiger partial charge in [-0.05, 0) is 18.5 Å². The largest absolute Gasteiger partial charge is 0.467 e. The van der Waals surface area contributed by atoms with Crippen molar-refractivity contribution in [1.82, 2.24) is 15.0 Å². The number of morpholine rings is 1. The molecule has 1 aliphatic rings. The molecule has 0 spiro atoms. The average Bonchev–Trinajstić information content (AvgIpc) is 2.38. The first-order chi connectivity index (χ1) is 8.60. The van der Waals surface area contributed by atoms with Gasteiger partial charge in [0, 0.05) is 19.1 Å². The van der Waals surface area contributed by atoms with Gasteiger partial charge in [-0.2, -0.15) is 15.0 Å². The molecule has 0 bridgehead atoms. The van der Waals surface area contributed by atoms with Crippen molar-refractivity contribution in [1.29, 1.82) is 0 Å². The highest BCUT2D eigenvalue weighted by Gasteiger charge is 2.25. The Balaban J connectivity index is 2.17. The van der Waals surface area contributed by atoms with E-state index in [9.17, 15) is 0 Å². The number of ether oxygens (including phenoxy) is 2. The number of hydrogen-bond donors (Lipinski definition) is 1. The third-order valence-electron chi connectivity index (χ3n) is 2.72. The zero-order valence-corrected chi connectivity index (χ0v) is 11.1. The summed E-state index contributed by atoms with van der Waals surface area (Å²) in [5.41, 5.74) is 5.84. The molecule has 1 aliphatic heterocycles. The van der Waals surface area contributed by atoms with Gasteiger partial charge in [0.05, 0.1) is 19.8 Å². The number of hydrogen-bond acceptors (Lipinski definition) is 7. The van der Waals surface area contributed by atoms with Crippen molar-refractivity contribution in [2.24, 2.45) is 5.73 Å². The maximum atomic E-state index is 5.84. The van der Waals surface area contributed by atoms with Gasteiger partial charge in [0.2, 0.25) is 11.2 Å². The van der Waals surface area contributed by atoms with Gasteiger partial charge in [-0.25, -0.2) is 0 Å². The standard InChI is InChI=1S/C10H16ClN5O2/c1-6(12)7-5-16(3-4-18-7)9-13-8(11)14-10(15-9)17-2/h6-7H,3-5,12H2,1-2H3. The van der Waals surface area contributed by atoms with Crippen molar-refractivity contribution < 1.29 is 9.47 Å². The van der Waals surface area contributed by atoms with E-state index < -0.39 is 0 Å². The molecule has 1 aromatic heterocycles. The van der Waals surface area contributed by atoms with Crippen molar-refractivity contribution in [3.63, 3.8) is 0 Å². The fraction of sp³-hybridized carbons (Fsp3) is 0.700. The molecule has 0 aliphatic carbocycles. The fourth-order valence-electron chi connectivity index (χ4n) is 1.73. The van der Waals surface area contributed by atoms with Crippen LogP contribution in [0.5, 0.6) is 6.01 Å². The fourth-order valence-corrected chi connectivity index (χ4v) is 1.88. The summed E-state index contributed by atoms with van der Waals surface area (Å²) in [7, 11) is 1.49. The number of anilines is 1. The van der Waals surface area contributed by atoms with E-state index in [0.717, 1.165) is 0 Å². The van der Waals surface area contributed by atoms with E-state index in [4.69, 9.17) is 26.8 Å². The Labute approximate surface area is 110 Å². The minimum absolute atomic E-state index is 0.0414. The molecule has 18 heavy (non-hydrogen) atoms. The molecular formula is C10H16ClN5O2. The topological polar surface area (TPSA) is 86.4 Å². The molecule has 8 heteroatoms. The highest BCUT2D eigenvalue weighted by atomic mass is 35.5. The molecule has 2 rings (SSSR count). The SMILES string of the molecule is COc1nc(Cl)nc(N2CCOC(C(C)N)C2)n1. The smallest absolute Gasteiger partial charge is 0.322 e. The van der Waals surface area contributed by atoms with Crippen molar-refractivity contribution in [3.8, 4) is 6.01 Å². The minimum Gasteiger partial charge on any atom is -0.467 e. The van der Waals surface area contributed by atoms with Crippen LogP contribution < -0.4 is 15.4 Å². The van der Waals surface area contributed by atoms with Crippen LogP contribution in [0.25, 0.3) is 0 Å². The second kappa shape index (κ2) is 5.64. The summed E-state index contributed by atoms with van der Waals surface area (Å²) < 4.78 is 10.5. The van der Waals surface area contributed by atoms with E-state index in [1.165, 1.54) is 7.11 Å². The van der Waals surface area contributed by atoms with Gasteiger partial charge >= 0.3 is 6.01 Å². The van der Waals surface area contributed by atoms with Crippen molar-refractivity contribution in [2.75, 3.05) is 31.7 Å². The number of halogens is 1. The molecule has 2 atom stereocenters. The first kappa shape index (κ1) is 13.3. The quantitative estimate of drug-likeness (QED) is 0.835. The zero-order valence-electron chi connectivity index (χ0n) is 10.3. The van der Waals surface area contributed by atoms with Gasteiger partial charge in [0.25, 0.3) is 0 Å². The number of aromatic nitrogens is 3. The zero-order chi connectivity index (χ0) is 13.1. The monoisotopic (exact) mass is 273 g/mol. The Morgan fingerprint density at radius 3 is 2.94 bits per heavy atom. The summed E-state index contributed by atoms with van der Waals surface area (Å²) in [5.74, 6) is 0.487.